The molecule has 5 heteroatoms. The monoisotopic (exact) mass is 200 g/mol. The van der Waals surface area contributed by atoms with Crippen molar-refractivity contribution in [2.45, 2.75) is 13.5 Å². The summed E-state index contributed by atoms with van der Waals surface area (Å²) in [4.78, 5) is 3.99. The third kappa shape index (κ3) is 2.00. The number of hydrogen-bond donors (Lipinski definition) is 1. The van der Waals surface area contributed by atoms with Gasteiger partial charge in [0.1, 0.15) is 12.7 Å². The minimum atomic E-state index is 0.671. The summed E-state index contributed by atoms with van der Waals surface area (Å²) in [6, 6.07) is 0. The van der Waals surface area contributed by atoms with E-state index in [4.69, 9.17) is 17.4 Å². The first-order valence-electron chi connectivity index (χ1n) is 3.54. The Morgan fingerprint density at radius 1 is 1.83 bits per heavy atom. The summed E-state index contributed by atoms with van der Waals surface area (Å²) < 4.78 is 2.68. The number of nitrogens with two attached hydrogens (primary N) is 1. The topological polar surface area (TPSA) is 42.8 Å². The first-order valence-corrected chi connectivity index (χ1v) is 4.83. The molecule has 3 nitrogen and oxygen atoms in total. The fraction of sp³-hybridized carbons (Fsp3) is 0.286. The molecule has 0 aliphatic carbocycles. The quantitative estimate of drug-likeness (QED) is 0.433. The number of hydrogen-bond acceptors (Lipinski definition) is 4. The minimum absolute atomic E-state index is 0.671. The number of rotatable bonds is 2. The maximum absolute atomic E-state index is 5.36. The zero-order chi connectivity index (χ0) is 8.97. The van der Waals surface area contributed by atoms with Crippen LogP contribution in [0.3, 0.4) is 0 Å². The molecule has 2 N–H and O–H groups in total. The van der Waals surface area contributed by atoms with Gasteiger partial charge in [0.2, 0.25) is 5.69 Å². The molecule has 1 heterocycles. The van der Waals surface area contributed by atoms with Gasteiger partial charge in [-0.25, -0.2) is 0 Å². The molecule has 0 aromatic carbocycles. The van der Waals surface area contributed by atoms with Gasteiger partial charge < -0.3 is 0 Å². The largest absolute Gasteiger partial charge is 0.273 e. The molecule has 12 heavy (non-hydrogen) atoms. The number of aromatic nitrogens is 2. The molecule has 0 aliphatic rings. The molecule has 0 radical (unpaired) electrons. The highest BCUT2D eigenvalue weighted by Crippen LogP contribution is 2.01. The Morgan fingerprint density at radius 3 is 3.17 bits per heavy atom. The molecule has 64 valence electrons. The molecular formula is C7H10N3S2+. The smallest absolute Gasteiger partial charge is 0.249 e. The maximum Gasteiger partial charge on any atom is 0.249 e. The highest BCUT2D eigenvalue weighted by molar-refractivity contribution is 8.22. The first-order chi connectivity index (χ1) is 5.79. The zero-order valence-electron chi connectivity index (χ0n) is 6.73. The van der Waals surface area contributed by atoms with Crippen molar-refractivity contribution >= 4 is 28.4 Å². The van der Waals surface area contributed by atoms with Gasteiger partial charge in [-0.05, 0) is 18.9 Å². The third-order valence-corrected chi connectivity index (χ3v) is 2.42. The highest BCUT2D eigenvalue weighted by atomic mass is 32.2. The maximum atomic E-state index is 5.36. The molecule has 1 aromatic heterocycles. The standard InChI is InChI=1S/C7H10N3S2/c1-2-10-4-3-9-5-6(10)7(11)12-8/h3-5H,2,8H2,1H3/q+1. The van der Waals surface area contributed by atoms with E-state index in [1.807, 2.05) is 17.7 Å². The summed E-state index contributed by atoms with van der Waals surface area (Å²) in [5.41, 5.74) is 0.905. The predicted molar refractivity (Wildman–Crippen MR) is 53.6 cm³/mol. The average molecular weight is 200 g/mol. The van der Waals surface area contributed by atoms with E-state index in [1.165, 1.54) is 0 Å². The summed E-state index contributed by atoms with van der Waals surface area (Å²) in [5, 5.41) is 5.36. The Morgan fingerprint density at radius 2 is 2.58 bits per heavy atom. The summed E-state index contributed by atoms with van der Waals surface area (Å²) in [7, 11) is 0. The second-order valence-corrected chi connectivity index (χ2v) is 3.46. The Hall–Kier alpha value is -0.520. The minimum Gasteiger partial charge on any atom is -0.273 e. The van der Waals surface area contributed by atoms with Crippen LogP contribution >= 0.6 is 24.2 Å². The lowest BCUT2D eigenvalue weighted by molar-refractivity contribution is -0.694. The summed E-state index contributed by atoms with van der Waals surface area (Å²) in [5.74, 6) is 0. The predicted octanol–water partition coefficient (Wildman–Crippen LogP) is 0.671. The van der Waals surface area contributed by atoms with Gasteiger partial charge in [-0.3, -0.25) is 10.1 Å². The Bertz CT molecular complexity index is 288. The van der Waals surface area contributed by atoms with E-state index in [9.17, 15) is 0 Å². The van der Waals surface area contributed by atoms with Crippen LogP contribution in [0.15, 0.2) is 18.6 Å². The second kappa shape index (κ2) is 4.49. The summed E-state index contributed by atoms with van der Waals surface area (Å²) >= 11 is 6.13. The van der Waals surface area contributed by atoms with Crippen LogP contribution in [0.25, 0.3) is 0 Å². The molecule has 1 rings (SSSR count). The van der Waals surface area contributed by atoms with E-state index in [1.54, 1.807) is 12.4 Å². The van der Waals surface area contributed by atoms with E-state index < -0.39 is 0 Å². The van der Waals surface area contributed by atoms with Crippen molar-refractivity contribution in [1.82, 2.24) is 4.98 Å². The lowest BCUT2D eigenvalue weighted by Crippen LogP contribution is -2.38. The van der Waals surface area contributed by atoms with Crippen molar-refractivity contribution in [3.05, 3.63) is 24.3 Å². The van der Waals surface area contributed by atoms with Gasteiger partial charge in [-0.1, -0.05) is 12.2 Å². The Kier molecular flexibility index (Phi) is 3.58. The van der Waals surface area contributed by atoms with Crippen LogP contribution in [0.4, 0.5) is 0 Å². The van der Waals surface area contributed by atoms with E-state index in [-0.39, 0.29) is 0 Å². The van der Waals surface area contributed by atoms with E-state index in [2.05, 4.69) is 4.98 Å². The van der Waals surface area contributed by atoms with E-state index in [0.717, 1.165) is 24.2 Å². The third-order valence-electron chi connectivity index (χ3n) is 1.50. The van der Waals surface area contributed by atoms with E-state index in [0.29, 0.717) is 4.20 Å². The molecule has 0 spiro atoms. The second-order valence-electron chi connectivity index (χ2n) is 2.15. The van der Waals surface area contributed by atoms with Crippen LogP contribution in [0.1, 0.15) is 12.6 Å². The van der Waals surface area contributed by atoms with Crippen molar-refractivity contribution in [3.8, 4) is 0 Å². The fourth-order valence-corrected chi connectivity index (χ4v) is 1.35. The van der Waals surface area contributed by atoms with Crippen LogP contribution in [0, 0.1) is 0 Å². The van der Waals surface area contributed by atoms with Crippen molar-refractivity contribution < 1.29 is 4.57 Å². The SMILES string of the molecule is CC[n+]1ccncc1C(=S)SN. The first kappa shape index (κ1) is 9.57. The molecule has 0 unspecified atom stereocenters. The van der Waals surface area contributed by atoms with Gasteiger partial charge in [0.25, 0.3) is 0 Å². The molecule has 0 bridgehead atoms. The van der Waals surface area contributed by atoms with Crippen LogP contribution in [-0.4, -0.2) is 9.18 Å². The Labute approximate surface area is 81.1 Å². The molecule has 0 aliphatic heterocycles. The van der Waals surface area contributed by atoms with Gasteiger partial charge in [-0.15, -0.1) is 0 Å². The van der Waals surface area contributed by atoms with Crippen LogP contribution < -0.4 is 9.71 Å². The molecule has 0 saturated heterocycles. The number of aryl methyl sites for hydroxylation is 1. The Balaban J connectivity index is 3.04. The van der Waals surface area contributed by atoms with Gasteiger partial charge in [0.15, 0.2) is 10.4 Å². The molecule has 0 atom stereocenters. The highest BCUT2D eigenvalue weighted by Gasteiger charge is 2.12. The lowest BCUT2D eigenvalue weighted by Gasteiger charge is -1.98. The van der Waals surface area contributed by atoms with Gasteiger partial charge in [0, 0.05) is 0 Å². The lowest BCUT2D eigenvalue weighted by atomic mass is 10.4. The van der Waals surface area contributed by atoms with Crippen LogP contribution in [0.2, 0.25) is 0 Å². The molecule has 0 amide bonds. The van der Waals surface area contributed by atoms with Crippen LogP contribution in [-0.2, 0) is 6.54 Å². The average Bonchev–Trinajstić information content (AvgIpc) is 2.16. The van der Waals surface area contributed by atoms with Crippen molar-refractivity contribution in [3.63, 3.8) is 0 Å². The van der Waals surface area contributed by atoms with Crippen molar-refractivity contribution in [2.24, 2.45) is 5.14 Å². The fourth-order valence-electron chi connectivity index (χ4n) is 0.893. The molecule has 0 fully saturated rings. The van der Waals surface area contributed by atoms with Gasteiger partial charge >= 0.3 is 0 Å². The van der Waals surface area contributed by atoms with Gasteiger partial charge in [-0.2, -0.15) is 4.57 Å². The normalized spacial score (nSPS) is 9.83. The molecular weight excluding hydrogens is 190 g/mol. The van der Waals surface area contributed by atoms with Crippen LogP contribution in [0.5, 0.6) is 0 Å². The zero-order valence-corrected chi connectivity index (χ0v) is 8.36. The summed E-state index contributed by atoms with van der Waals surface area (Å²) in [6.07, 6.45) is 5.35. The number of nitrogens with zero attached hydrogens (tertiary/aromatic N) is 2. The van der Waals surface area contributed by atoms with Crippen molar-refractivity contribution in [1.29, 1.82) is 0 Å². The molecule has 0 saturated carbocycles. The molecule has 1 aromatic rings. The number of thiocarbonyl (C=S) groups is 1. The summed E-state index contributed by atoms with van der Waals surface area (Å²) in [6.45, 7) is 2.92. The van der Waals surface area contributed by atoms with Crippen molar-refractivity contribution in [2.75, 3.05) is 0 Å². The van der Waals surface area contributed by atoms with E-state index >= 15 is 0 Å². The van der Waals surface area contributed by atoms with Gasteiger partial charge in [0.05, 0.1) is 6.20 Å².